The quantitative estimate of drug-likeness (QED) is 0.806. The average Bonchev–Trinajstić information content (AvgIpc) is 2.98. The number of hydrogen-bond acceptors (Lipinski definition) is 2. The summed E-state index contributed by atoms with van der Waals surface area (Å²) in [5, 5.41) is 3.70. The van der Waals surface area contributed by atoms with E-state index in [1.165, 1.54) is 31.2 Å². The van der Waals surface area contributed by atoms with Gasteiger partial charge in [0.2, 0.25) is 0 Å². The van der Waals surface area contributed by atoms with Crippen LogP contribution < -0.4 is 5.32 Å². The highest BCUT2D eigenvalue weighted by Gasteiger charge is 2.19. The Hall–Kier alpha value is -0.860. The summed E-state index contributed by atoms with van der Waals surface area (Å²) < 4.78 is 0. The number of nitrogens with one attached hydrogen (secondary N) is 1. The first-order valence-corrected chi connectivity index (χ1v) is 7.80. The van der Waals surface area contributed by atoms with Crippen molar-refractivity contribution < 1.29 is 0 Å². The molecule has 0 aromatic heterocycles. The molecular weight excluding hydrogens is 232 g/mol. The maximum atomic E-state index is 3.70. The van der Waals surface area contributed by atoms with Gasteiger partial charge in [0, 0.05) is 25.2 Å². The fourth-order valence-electron chi connectivity index (χ4n) is 3.13. The van der Waals surface area contributed by atoms with E-state index in [0.717, 1.165) is 25.6 Å². The Morgan fingerprint density at radius 1 is 1.21 bits per heavy atom. The van der Waals surface area contributed by atoms with Crippen LogP contribution in [0.15, 0.2) is 30.3 Å². The molecule has 0 heterocycles. The normalized spacial score (nSPS) is 18.1. The zero-order chi connectivity index (χ0) is 13.5. The number of hydrogen-bond donors (Lipinski definition) is 1. The van der Waals surface area contributed by atoms with Gasteiger partial charge in [-0.2, -0.15) is 0 Å². The molecule has 0 radical (unpaired) electrons. The van der Waals surface area contributed by atoms with Crippen molar-refractivity contribution in [3.63, 3.8) is 0 Å². The van der Waals surface area contributed by atoms with Gasteiger partial charge >= 0.3 is 0 Å². The van der Waals surface area contributed by atoms with Gasteiger partial charge in [0.05, 0.1) is 0 Å². The fraction of sp³-hybridized carbons (Fsp3) is 0.647. The SMILES string of the molecule is CCC(NCCN(C)C1CCCC1)c1ccccc1. The Kier molecular flexibility index (Phi) is 5.87. The lowest BCUT2D eigenvalue weighted by Crippen LogP contribution is -2.36. The first-order valence-electron chi connectivity index (χ1n) is 7.80. The number of nitrogens with zero attached hydrogens (tertiary/aromatic N) is 1. The predicted molar refractivity (Wildman–Crippen MR) is 82.4 cm³/mol. The summed E-state index contributed by atoms with van der Waals surface area (Å²) in [7, 11) is 2.28. The van der Waals surface area contributed by atoms with E-state index < -0.39 is 0 Å². The lowest BCUT2D eigenvalue weighted by Gasteiger charge is -2.25. The molecule has 0 spiro atoms. The molecule has 0 bridgehead atoms. The average molecular weight is 260 g/mol. The lowest BCUT2D eigenvalue weighted by molar-refractivity contribution is 0.242. The molecule has 1 atom stereocenters. The van der Waals surface area contributed by atoms with Gasteiger partial charge < -0.3 is 10.2 Å². The van der Waals surface area contributed by atoms with Gasteiger partial charge in [0.25, 0.3) is 0 Å². The van der Waals surface area contributed by atoms with Crippen molar-refractivity contribution in [1.82, 2.24) is 10.2 Å². The number of rotatable bonds is 7. The predicted octanol–water partition coefficient (Wildman–Crippen LogP) is 3.60. The van der Waals surface area contributed by atoms with Crippen LogP contribution in [0, 0.1) is 0 Å². The van der Waals surface area contributed by atoms with Crippen LogP contribution in [0.3, 0.4) is 0 Å². The number of likely N-dealkylation sites (N-methyl/N-ethyl adjacent to an activating group) is 1. The monoisotopic (exact) mass is 260 g/mol. The largest absolute Gasteiger partial charge is 0.309 e. The smallest absolute Gasteiger partial charge is 0.0318 e. The summed E-state index contributed by atoms with van der Waals surface area (Å²) in [6.45, 7) is 4.50. The van der Waals surface area contributed by atoms with Gasteiger partial charge in [0.15, 0.2) is 0 Å². The summed E-state index contributed by atoms with van der Waals surface area (Å²) in [6.07, 6.45) is 6.78. The second-order valence-electron chi connectivity index (χ2n) is 5.74. The van der Waals surface area contributed by atoms with Crippen molar-refractivity contribution in [2.24, 2.45) is 0 Å². The second kappa shape index (κ2) is 7.66. The third-order valence-corrected chi connectivity index (χ3v) is 4.41. The van der Waals surface area contributed by atoms with Crippen molar-refractivity contribution >= 4 is 0 Å². The van der Waals surface area contributed by atoms with Crippen molar-refractivity contribution in [3.8, 4) is 0 Å². The minimum Gasteiger partial charge on any atom is -0.309 e. The van der Waals surface area contributed by atoms with E-state index in [4.69, 9.17) is 0 Å². The van der Waals surface area contributed by atoms with Crippen molar-refractivity contribution in [2.75, 3.05) is 20.1 Å². The van der Waals surface area contributed by atoms with Crippen LogP contribution in [0.4, 0.5) is 0 Å². The third-order valence-electron chi connectivity index (χ3n) is 4.41. The molecule has 1 aromatic rings. The fourth-order valence-corrected chi connectivity index (χ4v) is 3.13. The zero-order valence-electron chi connectivity index (χ0n) is 12.4. The van der Waals surface area contributed by atoms with Crippen LogP contribution in [0.2, 0.25) is 0 Å². The maximum Gasteiger partial charge on any atom is 0.0318 e. The van der Waals surface area contributed by atoms with Crippen LogP contribution in [-0.2, 0) is 0 Å². The van der Waals surface area contributed by atoms with E-state index >= 15 is 0 Å². The van der Waals surface area contributed by atoms with E-state index in [-0.39, 0.29) is 0 Å². The summed E-state index contributed by atoms with van der Waals surface area (Å²) in [5.74, 6) is 0. The maximum absolute atomic E-state index is 3.70. The molecule has 0 aliphatic heterocycles. The van der Waals surface area contributed by atoms with Crippen LogP contribution >= 0.6 is 0 Å². The Morgan fingerprint density at radius 2 is 1.89 bits per heavy atom. The standard InChI is InChI=1S/C17H28N2/c1-3-17(15-9-5-4-6-10-15)18-13-14-19(2)16-11-7-8-12-16/h4-6,9-10,16-18H,3,7-8,11-14H2,1-2H3. The highest BCUT2D eigenvalue weighted by molar-refractivity contribution is 5.18. The van der Waals surface area contributed by atoms with E-state index in [9.17, 15) is 0 Å². The first-order chi connectivity index (χ1) is 9.31. The molecule has 1 aliphatic rings. The minimum absolute atomic E-state index is 0.498. The Labute approximate surface area is 118 Å². The molecule has 2 rings (SSSR count). The van der Waals surface area contributed by atoms with Gasteiger partial charge in [-0.3, -0.25) is 0 Å². The number of benzene rings is 1. The van der Waals surface area contributed by atoms with Gasteiger partial charge in [-0.1, -0.05) is 50.1 Å². The van der Waals surface area contributed by atoms with Crippen molar-refractivity contribution in [3.05, 3.63) is 35.9 Å². The van der Waals surface area contributed by atoms with Crippen molar-refractivity contribution in [2.45, 2.75) is 51.1 Å². The van der Waals surface area contributed by atoms with Gasteiger partial charge in [-0.15, -0.1) is 0 Å². The molecule has 19 heavy (non-hydrogen) atoms. The van der Waals surface area contributed by atoms with Crippen LogP contribution in [0.25, 0.3) is 0 Å². The Bertz CT molecular complexity index is 344. The molecule has 0 saturated heterocycles. The van der Waals surface area contributed by atoms with E-state index in [2.05, 4.69) is 54.5 Å². The van der Waals surface area contributed by atoms with Crippen LogP contribution in [0.5, 0.6) is 0 Å². The van der Waals surface area contributed by atoms with Gasteiger partial charge in [-0.05, 0) is 31.9 Å². The molecule has 106 valence electrons. The van der Waals surface area contributed by atoms with Gasteiger partial charge in [0.1, 0.15) is 0 Å². The molecule has 1 saturated carbocycles. The van der Waals surface area contributed by atoms with E-state index in [1.54, 1.807) is 0 Å². The third kappa shape index (κ3) is 4.32. The topological polar surface area (TPSA) is 15.3 Å². The second-order valence-corrected chi connectivity index (χ2v) is 5.74. The minimum atomic E-state index is 0.498. The van der Waals surface area contributed by atoms with Crippen molar-refractivity contribution in [1.29, 1.82) is 0 Å². The first kappa shape index (κ1) is 14.5. The molecule has 0 amide bonds. The lowest BCUT2D eigenvalue weighted by atomic mass is 10.0. The Morgan fingerprint density at radius 3 is 2.53 bits per heavy atom. The van der Waals surface area contributed by atoms with Crippen LogP contribution in [-0.4, -0.2) is 31.1 Å². The summed E-state index contributed by atoms with van der Waals surface area (Å²) in [6, 6.07) is 12.1. The molecular formula is C17H28N2. The molecule has 1 fully saturated rings. The highest BCUT2D eigenvalue weighted by Crippen LogP contribution is 2.22. The molecule has 1 unspecified atom stereocenters. The molecule has 1 aliphatic carbocycles. The highest BCUT2D eigenvalue weighted by atomic mass is 15.1. The van der Waals surface area contributed by atoms with Gasteiger partial charge in [-0.25, -0.2) is 0 Å². The summed E-state index contributed by atoms with van der Waals surface area (Å²) >= 11 is 0. The molecule has 2 heteroatoms. The summed E-state index contributed by atoms with van der Waals surface area (Å²) in [4.78, 5) is 2.54. The summed E-state index contributed by atoms with van der Waals surface area (Å²) in [5.41, 5.74) is 1.41. The van der Waals surface area contributed by atoms with Crippen LogP contribution in [0.1, 0.15) is 50.6 Å². The molecule has 1 N–H and O–H groups in total. The van der Waals surface area contributed by atoms with E-state index in [0.29, 0.717) is 6.04 Å². The zero-order valence-corrected chi connectivity index (χ0v) is 12.4. The van der Waals surface area contributed by atoms with E-state index in [1.807, 2.05) is 0 Å². The molecule has 2 nitrogen and oxygen atoms in total. The molecule has 1 aromatic carbocycles. The Balaban J connectivity index is 1.74.